The summed E-state index contributed by atoms with van der Waals surface area (Å²) in [5.74, 6) is -0.796. The quantitative estimate of drug-likeness (QED) is 0.103. The fraction of sp³-hybridized carbons (Fsp3) is 0.292. The number of aryl methyl sites for hydroxylation is 4. The Hall–Kier alpha value is -8.52. The summed E-state index contributed by atoms with van der Waals surface area (Å²) in [5, 5.41) is 13.2. The Morgan fingerprint density at radius 2 is 0.973 bits per heavy atom. The first-order valence-electron chi connectivity index (χ1n) is 22.5. The van der Waals surface area contributed by atoms with Crippen LogP contribution in [0.1, 0.15) is 36.8 Å². The van der Waals surface area contributed by atoms with E-state index in [0.717, 1.165) is 0 Å². The number of carbonyl (C=O) groups is 2. The lowest BCUT2D eigenvalue weighted by molar-refractivity contribution is -0.125. The van der Waals surface area contributed by atoms with E-state index >= 15 is 0 Å². The van der Waals surface area contributed by atoms with Gasteiger partial charge in [-0.05, 0) is 75.2 Å². The average Bonchev–Trinajstić information content (AvgIpc) is 3.92. The Kier molecular flexibility index (Phi) is 15.6. The number of nitrogens with zero attached hydrogens (tertiary/aromatic N) is 8. The number of fused-ring (bicyclic) bond motifs is 2. The smallest absolute Gasteiger partial charge is 0.267 e. The van der Waals surface area contributed by atoms with Gasteiger partial charge in [-0.15, -0.1) is 0 Å². The van der Waals surface area contributed by atoms with Crippen LogP contribution in [0.4, 0.5) is 11.4 Å². The van der Waals surface area contributed by atoms with Crippen molar-refractivity contribution in [3.63, 3.8) is 0 Å². The summed E-state index contributed by atoms with van der Waals surface area (Å²) in [6.45, 7) is 9.86. The molecule has 6 aromatic heterocycles. The number of sulfonamides is 2. The Balaban J connectivity index is 0.000000216. The standard InChI is InChI=1S/2C24H26N6O6S/c2*1-13(22(31)25-4)11-30-12-27-19-7-6-16(8-18(19)24(30)32)17-9-20(23(35-5)26-10-17)29-37(33,34)21-14(2)28-36-15(21)3/h2*6-10,12-13,29H,11H2,1-5H3,(H,25,31)/t2*13-/m10/s1. The van der Waals surface area contributed by atoms with Gasteiger partial charge in [-0.3, -0.25) is 37.8 Å². The molecule has 2 aromatic carbocycles. The molecule has 0 aliphatic carbocycles. The molecule has 0 fully saturated rings. The number of anilines is 2. The number of hydrogen-bond acceptors (Lipinski definition) is 18. The Labute approximate surface area is 423 Å². The number of carbonyl (C=O) groups excluding carboxylic acids is 2. The van der Waals surface area contributed by atoms with Gasteiger partial charge in [0.25, 0.3) is 31.2 Å². The van der Waals surface area contributed by atoms with E-state index in [1.807, 2.05) is 0 Å². The molecule has 0 saturated heterocycles. The minimum absolute atomic E-state index is 0.0621. The van der Waals surface area contributed by atoms with Crippen LogP contribution in [-0.4, -0.2) is 96.3 Å². The van der Waals surface area contributed by atoms with E-state index in [-0.39, 0.29) is 91.9 Å². The zero-order valence-electron chi connectivity index (χ0n) is 41.8. The number of hydrogen-bond donors (Lipinski definition) is 4. The summed E-state index contributed by atoms with van der Waals surface area (Å²) in [7, 11) is -2.28. The highest BCUT2D eigenvalue weighted by molar-refractivity contribution is 7.93. The number of rotatable bonds is 16. The van der Waals surface area contributed by atoms with Gasteiger partial charge in [0.05, 0.1) is 60.5 Å². The third-order valence-electron chi connectivity index (χ3n) is 11.7. The Bertz CT molecular complexity index is 3530. The minimum Gasteiger partial charge on any atom is -0.480 e. The summed E-state index contributed by atoms with van der Waals surface area (Å²) in [6, 6.07) is 13.3. The topological polar surface area (TPSA) is 317 Å². The molecule has 0 saturated carbocycles. The molecule has 6 heterocycles. The predicted octanol–water partition coefficient (Wildman–Crippen LogP) is 4.51. The van der Waals surface area contributed by atoms with E-state index < -0.39 is 31.9 Å². The van der Waals surface area contributed by atoms with Crippen LogP contribution in [0.25, 0.3) is 44.1 Å². The molecule has 8 rings (SSSR count). The number of methoxy groups -OCH3 is 2. The van der Waals surface area contributed by atoms with Crippen molar-refractivity contribution < 1.29 is 44.9 Å². The monoisotopic (exact) mass is 1050 g/mol. The molecule has 4 N–H and O–H groups in total. The Morgan fingerprint density at radius 3 is 1.30 bits per heavy atom. The zero-order valence-corrected chi connectivity index (χ0v) is 43.4. The van der Waals surface area contributed by atoms with E-state index in [4.69, 9.17) is 18.5 Å². The van der Waals surface area contributed by atoms with E-state index in [0.29, 0.717) is 44.1 Å². The lowest BCUT2D eigenvalue weighted by Gasteiger charge is -2.14. The summed E-state index contributed by atoms with van der Waals surface area (Å²) in [6.07, 6.45) is 5.85. The van der Waals surface area contributed by atoms with Crippen LogP contribution in [0.2, 0.25) is 0 Å². The van der Waals surface area contributed by atoms with Gasteiger partial charge in [0.2, 0.25) is 23.6 Å². The van der Waals surface area contributed by atoms with Crippen molar-refractivity contribution in [3.8, 4) is 34.0 Å². The van der Waals surface area contributed by atoms with Crippen molar-refractivity contribution in [2.75, 3.05) is 37.8 Å². The molecule has 388 valence electrons. The highest BCUT2D eigenvalue weighted by Crippen LogP contribution is 2.34. The molecule has 24 nitrogen and oxygen atoms in total. The summed E-state index contributed by atoms with van der Waals surface area (Å²) < 4.78 is 80.5. The van der Waals surface area contributed by atoms with Crippen molar-refractivity contribution in [1.29, 1.82) is 0 Å². The lowest BCUT2D eigenvalue weighted by Crippen LogP contribution is -2.32. The summed E-state index contributed by atoms with van der Waals surface area (Å²) >= 11 is 0. The third kappa shape index (κ3) is 11.1. The van der Waals surface area contributed by atoms with Crippen LogP contribution < -0.4 is 40.7 Å². The van der Waals surface area contributed by atoms with Crippen LogP contribution in [0.5, 0.6) is 11.8 Å². The molecule has 0 bridgehead atoms. The first kappa shape index (κ1) is 53.3. The minimum atomic E-state index is -4.05. The second-order valence-electron chi connectivity index (χ2n) is 17.0. The van der Waals surface area contributed by atoms with Crippen LogP contribution in [0.3, 0.4) is 0 Å². The number of benzene rings is 2. The largest absolute Gasteiger partial charge is 0.480 e. The lowest BCUT2D eigenvalue weighted by atomic mass is 10.0. The van der Waals surface area contributed by atoms with Crippen molar-refractivity contribution in [3.05, 3.63) is 117 Å². The second kappa shape index (κ2) is 21.7. The number of nitrogens with one attached hydrogen (secondary N) is 4. The summed E-state index contributed by atoms with van der Waals surface area (Å²) in [5.41, 5.74) is 3.29. The number of pyridine rings is 2. The summed E-state index contributed by atoms with van der Waals surface area (Å²) in [4.78, 5) is 67.2. The molecule has 0 unspecified atom stereocenters. The molecule has 0 radical (unpaired) electrons. The van der Waals surface area contributed by atoms with E-state index in [2.05, 4.69) is 50.3 Å². The van der Waals surface area contributed by atoms with Crippen LogP contribution >= 0.6 is 0 Å². The maximum atomic E-state index is 13.2. The molecule has 2 atom stereocenters. The van der Waals surface area contributed by atoms with Gasteiger partial charge in [0.15, 0.2) is 21.3 Å². The number of ether oxygens (including phenoxy) is 2. The number of aromatic nitrogens is 8. The first-order valence-corrected chi connectivity index (χ1v) is 25.5. The van der Waals surface area contributed by atoms with Crippen molar-refractivity contribution in [1.82, 2.24) is 50.0 Å². The zero-order chi connectivity index (χ0) is 53.8. The fourth-order valence-corrected chi connectivity index (χ4v) is 10.7. The van der Waals surface area contributed by atoms with Gasteiger partial charge < -0.3 is 29.2 Å². The number of amides is 2. The van der Waals surface area contributed by atoms with Crippen LogP contribution in [0, 0.1) is 39.5 Å². The van der Waals surface area contributed by atoms with Crippen molar-refractivity contribution >= 4 is 65.0 Å². The van der Waals surface area contributed by atoms with Gasteiger partial charge in [0.1, 0.15) is 22.8 Å². The Morgan fingerprint density at radius 1 is 0.595 bits per heavy atom. The maximum absolute atomic E-state index is 13.2. The predicted molar refractivity (Wildman–Crippen MR) is 272 cm³/mol. The van der Waals surface area contributed by atoms with E-state index in [1.165, 1.54) is 90.2 Å². The van der Waals surface area contributed by atoms with Gasteiger partial charge >= 0.3 is 0 Å². The molecule has 74 heavy (non-hydrogen) atoms. The highest BCUT2D eigenvalue weighted by Gasteiger charge is 2.28. The second-order valence-corrected chi connectivity index (χ2v) is 20.2. The highest BCUT2D eigenvalue weighted by atomic mass is 32.2. The molecule has 0 aliphatic rings. The van der Waals surface area contributed by atoms with Gasteiger partial charge in [0, 0.05) is 50.7 Å². The van der Waals surface area contributed by atoms with E-state index in [9.17, 15) is 36.0 Å². The normalized spacial score (nSPS) is 12.4. The molecular weight excluding hydrogens is 1000 g/mol. The van der Waals surface area contributed by atoms with Crippen LogP contribution in [-0.2, 0) is 42.7 Å². The van der Waals surface area contributed by atoms with E-state index in [1.54, 1.807) is 62.4 Å². The molecule has 0 spiro atoms. The average molecular weight is 1050 g/mol. The van der Waals surface area contributed by atoms with Gasteiger partial charge in [-0.25, -0.2) is 36.8 Å². The molecule has 0 aliphatic heterocycles. The molecule has 26 heteroatoms. The van der Waals surface area contributed by atoms with Crippen LogP contribution in [0.15, 0.2) is 102 Å². The van der Waals surface area contributed by atoms with Crippen molar-refractivity contribution in [2.24, 2.45) is 11.8 Å². The fourth-order valence-electron chi connectivity index (χ4n) is 7.99. The molecule has 8 aromatic rings. The van der Waals surface area contributed by atoms with Crippen molar-refractivity contribution in [2.45, 2.75) is 64.4 Å². The molecule has 2 amide bonds. The molecular formula is C48H52N12O12S2. The SMILES string of the molecule is CNC(=O)[C@@H](C)Cn1cnc2ccc(-c3cnc(OC)c(NS(=O)(=O)c4c(C)noc4C)c3)cc2c1=O.CNC(=O)[C@H](C)Cn1cnc2ccc(-c3cnc(OC)c(NS(=O)(=O)c4c(C)noc4C)c3)cc2c1=O. The maximum Gasteiger partial charge on any atom is 0.267 e. The van der Waals surface area contributed by atoms with Gasteiger partial charge in [-0.1, -0.05) is 36.3 Å². The third-order valence-corrected chi connectivity index (χ3v) is 14.9. The first-order chi connectivity index (χ1) is 35.1. The van der Waals surface area contributed by atoms with Gasteiger partial charge in [-0.2, -0.15) is 0 Å².